The third kappa shape index (κ3) is 1.38. The van der Waals surface area contributed by atoms with E-state index in [0.717, 1.165) is 0 Å². The van der Waals surface area contributed by atoms with Gasteiger partial charge in [0.25, 0.3) is 0 Å². The fraction of sp³-hybridized carbons (Fsp3) is 0.375. The van der Waals surface area contributed by atoms with Crippen molar-refractivity contribution in [2.45, 2.75) is 12.5 Å². The highest BCUT2D eigenvalue weighted by Gasteiger charge is 2.30. The summed E-state index contributed by atoms with van der Waals surface area (Å²) in [6.07, 6.45) is 8.02. The Hall–Kier alpha value is -1.54. The Morgan fingerprint density at radius 1 is 1.58 bits per heavy atom. The Morgan fingerprint density at radius 3 is 2.58 bits per heavy atom. The molecule has 0 unspecified atom stereocenters. The highest BCUT2D eigenvalue weighted by Crippen LogP contribution is 2.25. The molecule has 62 valence electrons. The van der Waals surface area contributed by atoms with E-state index in [9.17, 15) is 4.79 Å². The van der Waals surface area contributed by atoms with E-state index in [4.69, 9.17) is 5.53 Å². The summed E-state index contributed by atoms with van der Waals surface area (Å²) >= 11 is 0. The number of hydrogen-bond donors (Lipinski definition) is 0. The number of azide groups is 1. The molecule has 0 spiro atoms. The molecule has 0 heterocycles. The first-order valence-corrected chi connectivity index (χ1v) is 3.60. The zero-order valence-corrected chi connectivity index (χ0v) is 6.71. The number of allylic oxidation sites excluding steroid dienone is 2. The molecular formula is C8H9N3O. The Labute approximate surface area is 70.2 Å². The number of aldehydes is 1. The number of carbonyl (C=O) groups is 1. The first kappa shape index (κ1) is 8.56. The van der Waals surface area contributed by atoms with Crippen molar-refractivity contribution in [3.63, 3.8) is 0 Å². The van der Waals surface area contributed by atoms with E-state index < -0.39 is 5.54 Å². The van der Waals surface area contributed by atoms with Gasteiger partial charge in [0.2, 0.25) is 0 Å². The first-order chi connectivity index (χ1) is 5.73. The Morgan fingerprint density at radius 2 is 2.17 bits per heavy atom. The van der Waals surface area contributed by atoms with Crippen molar-refractivity contribution in [1.29, 1.82) is 0 Å². The molecule has 0 aromatic carbocycles. The van der Waals surface area contributed by atoms with E-state index in [1.165, 1.54) is 0 Å². The second kappa shape index (κ2) is 3.24. The number of carbonyl (C=O) groups excluding carboxylic acids is 1. The van der Waals surface area contributed by atoms with Gasteiger partial charge >= 0.3 is 0 Å². The van der Waals surface area contributed by atoms with Crippen LogP contribution in [-0.2, 0) is 4.79 Å². The molecule has 0 saturated heterocycles. The van der Waals surface area contributed by atoms with E-state index in [-0.39, 0.29) is 5.92 Å². The third-order valence-corrected chi connectivity index (χ3v) is 1.92. The second-order valence-electron chi connectivity index (χ2n) is 2.83. The van der Waals surface area contributed by atoms with Crippen LogP contribution in [0, 0.1) is 5.92 Å². The maximum atomic E-state index is 10.7. The molecule has 0 N–H and O–H groups in total. The molecule has 0 fully saturated rings. The van der Waals surface area contributed by atoms with Gasteiger partial charge in [0.15, 0.2) is 0 Å². The number of rotatable bonds is 3. The maximum Gasteiger partial charge on any atom is 0.132 e. The van der Waals surface area contributed by atoms with Crippen LogP contribution in [0.1, 0.15) is 6.92 Å². The molecule has 12 heavy (non-hydrogen) atoms. The number of hydrogen-bond acceptors (Lipinski definition) is 2. The third-order valence-electron chi connectivity index (χ3n) is 1.92. The maximum absolute atomic E-state index is 10.7. The zero-order chi connectivity index (χ0) is 9.03. The van der Waals surface area contributed by atoms with Gasteiger partial charge in [-0.05, 0) is 12.5 Å². The topological polar surface area (TPSA) is 65.8 Å². The van der Waals surface area contributed by atoms with Crippen LogP contribution >= 0.6 is 0 Å². The second-order valence-corrected chi connectivity index (χ2v) is 2.83. The standard InChI is InChI=1S/C8H9N3O/c1-8(6-12,10-11-9)7-4-2-3-5-7/h2-7H,1H3/t8-/m1/s1. The van der Waals surface area contributed by atoms with Crippen LogP contribution in [0.15, 0.2) is 29.4 Å². The molecule has 0 aromatic heterocycles. The normalized spacial score (nSPS) is 20.1. The lowest BCUT2D eigenvalue weighted by atomic mass is 9.89. The molecule has 0 aromatic rings. The van der Waals surface area contributed by atoms with Crippen LogP contribution in [-0.4, -0.2) is 11.8 Å². The van der Waals surface area contributed by atoms with Crippen LogP contribution in [0.4, 0.5) is 0 Å². The summed E-state index contributed by atoms with van der Waals surface area (Å²) in [6.45, 7) is 1.62. The van der Waals surface area contributed by atoms with Gasteiger partial charge in [0.1, 0.15) is 11.8 Å². The molecular weight excluding hydrogens is 154 g/mol. The van der Waals surface area contributed by atoms with Gasteiger partial charge in [0.05, 0.1) is 0 Å². The highest BCUT2D eigenvalue weighted by molar-refractivity contribution is 5.66. The molecule has 0 saturated carbocycles. The quantitative estimate of drug-likeness (QED) is 0.271. The molecule has 0 bridgehead atoms. The lowest BCUT2D eigenvalue weighted by Crippen LogP contribution is -2.30. The summed E-state index contributed by atoms with van der Waals surface area (Å²) in [6, 6.07) is 0. The molecule has 1 rings (SSSR count). The summed E-state index contributed by atoms with van der Waals surface area (Å²) in [5.74, 6) is -0.106. The average Bonchev–Trinajstić information content (AvgIpc) is 2.57. The molecule has 1 aliphatic rings. The van der Waals surface area contributed by atoms with E-state index in [0.29, 0.717) is 6.29 Å². The molecule has 0 amide bonds. The fourth-order valence-corrected chi connectivity index (χ4v) is 1.09. The van der Waals surface area contributed by atoms with E-state index in [1.54, 1.807) is 6.92 Å². The van der Waals surface area contributed by atoms with Gasteiger partial charge in [-0.3, -0.25) is 0 Å². The van der Waals surface area contributed by atoms with Crippen molar-refractivity contribution in [2.24, 2.45) is 11.0 Å². The first-order valence-electron chi connectivity index (χ1n) is 3.60. The molecule has 0 radical (unpaired) electrons. The average molecular weight is 163 g/mol. The summed E-state index contributed by atoms with van der Waals surface area (Å²) in [5.41, 5.74) is 7.27. The predicted octanol–water partition coefficient (Wildman–Crippen LogP) is 2.00. The summed E-state index contributed by atoms with van der Waals surface area (Å²) in [4.78, 5) is 13.3. The van der Waals surface area contributed by atoms with Crippen molar-refractivity contribution in [3.05, 3.63) is 34.7 Å². The lowest BCUT2D eigenvalue weighted by Gasteiger charge is -2.20. The van der Waals surface area contributed by atoms with Gasteiger partial charge in [-0.25, -0.2) is 0 Å². The van der Waals surface area contributed by atoms with Gasteiger partial charge in [-0.1, -0.05) is 29.4 Å². The highest BCUT2D eigenvalue weighted by atomic mass is 16.1. The molecule has 1 atom stereocenters. The van der Waals surface area contributed by atoms with Gasteiger partial charge < -0.3 is 4.79 Å². The minimum atomic E-state index is -0.974. The number of nitrogens with zero attached hydrogens (tertiary/aromatic N) is 3. The fourth-order valence-electron chi connectivity index (χ4n) is 1.09. The van der Waals surface area contributed by atoms with Gasteiger partial charge in [-0.15, -0.1) is 0 Å². The van der Waals surface area contributed by atoms with Gasteiger partial charge in [0, 0.05) is 10.8 Å². The van der Waals surface area contributed by atoms with Crippen molar-refractivity contribution < 1.29 is 4.79 Å². The SMILES string of the molecule is C[C@](C=O)(N=[N+]=[N-])C1C=CC=C1. The Balaban J connectivity index is 2.93. The van der Waals surface area contributed by atoms with Crippen LogP contribution in [0.5, 0.6) is 0 Å². The van der Waals surface area contributed by atoms with Crippen molar-refractivity contribution in [1.82, 2.24) is 0 Å². The smallest absolute Gasteiger partial charge is 0.132 e. The van der Waals surface area contributed by atoms with Crippen LogP contribution in [0.2, 0.25) is 0 Å². The minimum Gasteiger partial charge on any atom is -0.303 e. The van der Waals surface area contributed by atoms with Crippen LogP contribution < -0.4 is 0 Å². The lowest BCUT2D eigenvalue weighted by molar-refractivity contribution is -0.112. The van der Waals surface area contributed by atoms with Crippen molar-refractivity contribution in [3.8, 4) is 0 Å². The summed E-state index contributed by atoms with van der Waals surface area (Å²) < 4.78 is 0. The van der Waals surface area contributed by atoms with Gasteiger partial charge in [-0.2, -0.15) is 0 Å². The van der Waals surface area contributed by atoms with Crippen molar-refractivity contribution in [2.75, 3.05) is 0 Å². The van der Waals surface area contributed by atoms with Crippen molar-refractivity contribution >= 4 is 6.29 Å². The monoisotopic (exact) mass is 163 g/mol. The molecule has 1 aliphatic carbocycles. The summed E-state index contributed by atoms with van der Waals surface area (Å²) in [5, 5.41) is 3.47. The van der Waals surface area contributed by atoms with Crippen LogP contribution in [0.25, 0.3) is 10.4 Å². The largest absolute Gasteiger partial charge is 0.303 e. The molecule has 0 aliphatic heterocycles. The Bertz CT molecular complexity index is 277. The predicted molar refractivity (Wildman–Crippen MR) is 45.4 cm³/mol. The zero-order valence-electron chi connectivity index (χ0n) is 6.71. The molecule has 4 heteroatoms. The minimum absolute atomic E-state index is 0.106. The molecule has 4 nitrogen and oxygen atoms in total. The van der Waals surface area contributed by atoms with E-state index >= 15 is 0 Å². The van der Waals surface area contributed by atoms with E-state index in [1.807, 2.05) is 24.3 Å². The van der Waals surface area contributed by atoms with E-state index in [2.05, 4.69) is 10.0 Å². The Kier molecular flexibility index (Phi) is 2.31. The van der Waals surface area contributed by atoms with Crippen LogP contribution in [0.3, 0.4) is 0 Å². The summed E-state index contributed by atoms with van der Waals surface area (Å²) in [7, 11) is 0.